The molecular weight excluding hydrogens is 450 g/mol. The monoisotopic (exact) mass is 456 g/mol. The number of halogens is 6. The van der Waals surface area contributed by atoms with E-state index in [2.05, 4.69) is 4.74 Å². The maximum Gasteiger partial charge on any atom is 0.411 e. The zero-order valence-electron chi connectivity index (χ0n) is 15.2. The van der Waals surface area contributed by atoms with Crippen molar-refractivity contribution in [3.8, 4) is 11.5 Å². The van der Waals surface area contributed by atoms with Crippen LogP contribution in [0.5, 0.6) is 11.5 Å². The highest BCUT2D eigenvalue weighted by atomic mass is 19.4. The molecule has 0 saturated carbocycles. The van der Waals surface area contributed by atoms with Crippen molar-refractivity contribution < 1.29 is 55.0 Å². The second-order valence-corrected chi connectivity index (χ2v) is 7.34. The average molecular weight is 456 g/mol. The first-order chi connectivity index (χ1) is 14.8. The van der Waals surface area contributed by atoms with E-state index in [-0.39, 0.29) is 11.6 Å². The molecule has 164 valence electrons. The van der Waals surface area contributed by atoms with Gasteiger partial charge in [-0.05, 0) is 24.3 Å². The van der Waals surface area contributed by atoms with Crippen molar-refractivity contribution in [1.82, 2.24) is 0 Å². The smallest absolute Gasteiger partial charge is 0.411 e. The fourth-order valence-corrected chi connectivity index (χ4v) is 4.28. The van der Waals surface area contributed by atoms with Gasteiger partial charge in [0.15, 0.2) is 11.6 Å². The summed E-state index contributed by atoms with van der Waals surface area (Å²) in [5.74, 6) is -6.33. The third kappa shape index (κ3) is 2.26. The summed E-state index contributed by atoms with van der Waals surface area (Å²) < 4.78 is 95.9. The maximum absolute atomic E-state index is 14.4. The van der Waals surface area contributed by atoms with Crippen LogP contribution in [0.25, 0.3) is 0 Å². The molecule has 32 heavy (non-hydrogen) atoms. The molecule has 0 saturated heterocycles. The molecule has 0 unspecified atom stereocenters. The van der Waals surface area contributed by atoms with Crippen molar-refractivity contribution >= 4 is 23.5 Å². The van der Waals surface area contributed by atoms with Gasteiger partial charge in [0, 0.05) is 22.3 Å². The molecule has 0 N–H and O–H groups in total. The summed E-state index contributed by atoms with van der Waals surface area (Å²) in [7, 11) is 0. The molecule has 3 aliphatic rings. The summed E-state index contributed by atoms with van der Waals surface area (Å²) in [6.45, 7) is 0. The SMILES string of the molecule is O=C1CC(=O)c2cc3c(cc21)Oc1cc2c(cc1C3(C(F)(F)F)C(F)(F)F)C(=O)OC2=O. The highest BCUT2D eigenvalue weighted by Gasteiger charge is 2.75. The zero-order valence-corrected chi connectivity index (χ0v) is 15.2. The quantitative estimate of drug-likeness (QED) is 0.334. The Labute approximate surface area is 172 Å². The second-order valence-electron chi connectivity index (χ2n) is 7.34. The summed E-state index contributed by atoms with van der Waals surface area (Å²) in [6.07, 6.45) is -12.8. The van der Waals surface area contributed by atoms with Crippen molar-refractivity contribution in [3.63, 3.8) is 0 Å². The van der Waals surface area contributed by atoms with Crippen molar-refractivity contribution in [3.05, 3.63) is 57.6 Å². The summed E-state index contributed by atoms with van der Waals surface area (Å²) in [4.78, 5) is 47.6. The van der Waals surface area contributed by atoms with Crippen LogP contribution in [-0.2, 0) is 10.2 Å². The number of rotatable bonds is 0. The van der Waals surface area contributed by atoms with Crippen LogP contribution in [0.4, 0.5) is 26.3 Å². The Kier molecular flexibility index (Phi) is 3.63. The lowest BCUT2D eigenvalue weighted by atomic mass is 9.69. The molecule has 1 aliphatic carbocycles. The van der Waals surface area contributed by atoms with Gasteiger partial charge in [-0.3, -0.25) is 9.59 Å². The summed E-state index contributed by atoms with van der Waals surface area (Å²) in [6, 6.07) is 1.84. The summed E-state index contributed by atoms with van der Waals surface area (Å²) >= 11 is 0. The van der Waals surface area contributed by atoms with Crippen LogP contribution in [0.2, 0.25) is 0 Å². The topological polar surface area (TPSA) is 86.7 Å². The highest BCUT2D eigenvalue weighted by Crippen LogP contribution is 2.63. The predicted octanol–water partition coefficient (Wildman–Crippen LogP) is 4.28. The van der Waals surface area contributed by atoms with Gasteiger partial charge in [0.2, 0.25) is 5.41 Å². The van der Waals surface area contributed by atoms with Gasteiger partial charge < -0.3 is 9.47 Å². The van der Waals surface area contributed by atoms with E-state index >= 15 is 0 Å². The number of hydrogen-bond donors (Lipinski definition) is 0. The zero-order chi connectivity index (χ0) is 23.4. The van der Waals surface area contributed by atoms with Crippen LogP contribution in [-0.4, -0.2) is 35.9 Å². The lowest BCUT2D eigenvalue weighted by Gasteiger charge is -2.42. The number of hydrogen-bond acceptors (Lipinski definition) is 6. The molecular formula is C20H6F6O6. The average Bonchev–Trinajstić information content (AvgIpc) is 3.09. The fraction of sp³-hybridized carbons (Fsp3) is 0.200. The van der Waals surface area contributed by atoms with Crippen molar-refractivity contribution in [2.45, 2.75) is 24.2 Å². The number of carbonyl (C=O) groups is 4. The molecule has 0 amide bonds. The van der Waals surface area contributed by atoms with Crippen molar-refractivity contribution in [2.24, 2.45) is 0 Å². The van der Waals surface area contributed by atoms with Gasteiger partial charge in [0.1, 0.15) is 11.5 Å². The van der Waals surface area contributed by atoms with Gasteiger partial charge in [-0.15, -0.1) is 0 Å². The van der Waals surface area contributed by atoms with E-state index in [1.165, 1.54) is 0 Å². The van der Waals surface area contributed by atoms with E-state index in [1.54, 1.807) is 0 Å². The standard InChI is InChI=1S/C20H6F6O6/c21-19(22,23)18(20(24,25)26)10-1-6-7(13(28)5-12(6)27)3-14(10)31-15-4-9-8(2-11(15)18)16(29)32-17(9)30/h1-4H,5H2. The van der Waals surface area contributed by atoms with E-state index in [0.29, 0.717) is 18.2 Å². The Morgan fingerprint density at radius 1 is 0.625 bits per heavy atom. The number of Topliss-reactive ketones (excluding diaryl/α,β-unsaturated/α-hetero) is 2. The minimum absolute atomic E-state index is 0.266. The Morgan fingerprint density at radius 3 is 1.53 bits per heavy atom. The highest BCUT2D eigenvalue weighted by molar-refractivity contribution is 6.24. The van der Waals surface area contributed by atoms with Gasteiger partial charge in [0.25, 0.3) is 0 Å². The molecule has 2 aromatic carbocycles. The van der Waals surface area contributed by atoms with Crippen LogP contribution >= 0.6 is 0 Å². The maximum atomic E-state index is 14.4. The van der Waals surface area contributed by atoms with Crippen LogP contribution in [0.3, 0.4) is 0 Å². The number of carbonyl (C=O) groups excluding carboxylic acids is 4. The predicted molar refractivity (Wildman–Crippen MR) is 88.9 cm³/mol. The van der Waals surface area contributed by atoms with Crippen LogP contribution in [0.15, 0.2) is 24.3 Å². The lowest BCUT2D eigenvalue weighted by molar-refractivity contribution is -0.290. The number of ether oxygens (including phenoxy) is 2. The minimum Gasteiger partial charge on any atom is -0.457 e. The molecule has 2 aliphatic heterocycles. The molecule has 2 heterocycles. The molecule has 5 rings (SSSR count). The lowest BCUT2D eigenvalue weighted by Crippen LogP contribution is -2.56. The first kappa shape index (κ1) is 20.2. The molecule has 0 spiro atoms. The Hall–Kier alpha value is -3.70. The number of alkyl halides is 6. The van der Waals surface area contributed by atoms with E-state index in [9.17, 15) is 45.5 Å². The van der Waals surface area contributed by atoms with Crippen molar-refractivity contribution in [2.75, 3.05) is 0 Å². The molecule has 0 fully saturated rings. The fourth-order valence-electron chi connectivity index (χ4n) is 4.28. The number of benzene rings is 2. The van der Waals surface area contributed by atoms with Gasteiger partial charge in [-0.1, -0.05) is 0 Å². The normalized spacial score (nSPS) is 18.6. The van der Waals surface area contributed by atoms with Gasteiger partial charge >= 0.3 is 24.3 Å². The molecule has 2 aromatic rings. The third-order valence-corrected chi connectivity index (χ3v) is 5.66. The number of cyclic esters (lactones) is 2. The van der Waals surface area contributed by atoms with E-state index in [4.69, 9.17) is 4.74 Å². The molecule has 12 heteroatoms. The Balaban J connectivity index is 1.93. The molecule has 0 atom stereocenters. The van der Waals surface area contributed by atoms with E-state index < -0.39 is 87.0 Å². The van der Waals surface area contributed by atoms with Gasteiger partial charge in [0.05, 0.1) is 17.5 Å². The van der Waals surface area contributed by atoms with Gasteiger partial charge in [-0.25, -0.2) is 9.59 Å². The number of fused-ring (bicyclic) bond motifs is 4. The summed E-state index contributed by atoms with van der Waals surface area (Å²) in [5.41, 5.74) is -9.98. The molecule has 0 aromatic heterocycles. The largest absolute Gasteiger partial charge is 0.457 e. The molecule has 0 bridgehead atoms. The Morgan fingerprint density at radius 2 is 1.03 bits per heavy atom. The third-order valence-electron chi connectivity index (χ3n) is 5.66. The van der Waals surface area contributed by atoms with Gasteiger partial charge in [-0.2, -0.15) is 26.3 Å². The molecule has 0 radical (unpaired) electrons. The number of ketones is 2. The first-order valence-corrected chi connectivity index (χ1v) is 8.78. The minimum atomic E-state index is -6.03. The van der Waals surface area contributed by atoms with Crippen LogP contribution in [0, 0.1) is 0 Å². The Bertz CT molecular complexity index is 1200. The van der Waals surface area contributed by atoms with E-state index in [1.807, 2.05) is 0 Å². The first-order valence-electron chi connectivity index (χ1n) is 8.78. The van der Waals surface area contributed by atoms with E-state index in [0.717, 1.165) is 0 Å². The second kappa shape index (κ2) is 5.75. The molecule has 6 nitrogen and oxygen atoms in total. The summed E-state index contributed by atoms with van der Waals surface area (Å²) in [5, 5.41) is 0. The number of esters is 2. The van der Waals surface area contributed by atoms with Crippen LogP contribution in [0.1, 0.15) is 59.0 Å². The van der Waals surface area contributed by atoms with Crippen molar-refractivity contribution in [1.29, 1.82) is 0 Å². The van der Waals surface area contributed by atoms with Crippen LogP contribution < -0.4 is 4.74 Å².